The second-order valence-electron chi connectivity index (χ2n) is 5.46. The summed E-state index contributed by atoms with van der Waals surface area (Å²) in [5.41, 5.74) is 1.46. The Morgan fingerprint density at radius 2 is 2.53 bits per heavy atom. The normalized spacial score (nSPS) is 30.4. The van der Waals surface area contributed by atoms with Crippen molar-refractivity contribution in [2.45, 2.75) is 38.3 Å². The summed E-state index contributed by atoms with van der Waals surface area (Å²) in [5, 5.41) is 23.9. The number of nitrogens with one attached hydrogen (secondary N) is 1. The Labute approximate surface area is 116 Å². The molecule has 0 saturated carbocycles. The van der Waals surface area contributed by atoms with E-state index in [1.807, 2.05) is 19.2 Å². The lowest BCUT2D eigenvalue weighted by Gasteiger charge is -2.27. The van der Waals surface area contributed by atoms with Gasteiger partial charge in [-0.25, -0.2) is 4.98 Å². The molecule has 2 rings (SSSR count). The molecular formula is C13H17N3O2S. The van der Waals surface area contributed by atoms with E-state index in [0.29, 0.717) is 12.8 Å². The quantitative estimate of drug-likeness (QED) is 0.882. The molecule has 2 heterocycles. The Hall–Kier alpha value is -1.45. The van der Waals surface area contributed by atoms with Crippen LogP contribution in [0.4, 0.5) is 0 Å². The molecule has 0 radical (unpaired) electrons. The number of rotatable bonds is 4. The van der Waals surface area contributed by atoms with E-state index in [-0.39, 0.29) is 17.9 Å². The van der Waals surface area contributed by atoms with Crippen molar-refractivity contribution in [2.75, 3.05) is 0 Å². The predicted octanol–water partition coefficient (Wildman–Crippen LogP) is 2.19. The van der Waals surface area contributed by atoms with Crippen LogP contribution in [0.1, 0.15) is 38.4 Å². The standard InChI is InChI=1S/C13H17N3O2S/c1-8(2)3-13(12(17)18)4-9(5-14)11(16-13)10-6-19-7-15-10/h6-9,11,16H,3-4H2,1-2H3,(H,17,18)/t9-,11+,13-/m0/s1. The average molecular weight is 279 g/mol. The molecule has 1 aromatic rings. The van der Waals surface area contributed by atoms with Crippen molar-refractivity contribution >= 4 is 17.3 Å². The maximum atomic E-state index is 11.6. The zero-order chi connectivity index (χ0) is 14.0. The lowest BCUT2D eigenvalue weighted by molar-refractivity contribution is -0.145. The fourth-order valence-corrected chi connectivity index (χ4v) is 3.39. The van der Waals surface area contributed by atoms with Crippen molar-refractivity contribution in [3.05, 3.63) is 16.6 Å². The first-order valence-corrected chi connectivity index (χ1v) is 7.21. The van der Waals surface area contributed by atoms with Gasteiger partial charge < -0.3 is 5.11 Å². The van der Waals surface area contributed by atoms with Gasteiger partial charge in [0.25, 0.3) is 0 Å². The van der Waals surface area contributed by atoms with Crippen LogP contribution in [0.2, 0.25) is 0 Å². The number of thiazole rings is 1. The SMILES string of the molecule is CC(C)C[C@@]1(C(=O)O)C[C@@H](C#N)[C@H](c2cscn2)N1. The third-order valence-electron chi connectivity index (χ3n) is 3.50. The molecule has 19 heavy (non-hydrogen) atoms. The van der Waals surface area contributed by atoms with Gasteiger partial charge in [0.15, 0.2) is 0 Å². The van der Waals surface area contributed by atoms with Gasteiger partial charge in [0.05, 0.1) is 29.2 Å². The first-order chi connectivity index (χ1) is 8.98. The lowest BCUT2D eigenvalue weighted by atomic mass is 9.85. The maximum absolute atomic E-state index is 11.6. The Kier molecular flexibility index (Phi) is 3.88. The van der Waals surface area contributed by atoms with Crippen LogP contribution in [0.3, 0.4) is 0 Å². The van der Waals surface area contributed by atoms with Crippen molar-refractivity contribution in [3.8, 4) is 6.07 Å². The van der Waals surface area contributed by atoms with E-state index in [2.05, 4.69) is 16.4 Å². The summed E-state index contributed by atoms with van der Waals surface area (Å²) in [7, 11) is 0. The third kappa shape index (κ3) is 2.62. The van der Waals surface area contributed by atoms with Crippen molar-refractivity contribution in [3.63, 3.8) is 0 Å². The summed E-state index contributed by atoms with van der Waals surface area (Å²) in [4.78, 5) is 15.9. The second-order valence-corrected chi connectivity index (χ2v) is 6.18. The largest absolute Gasteiger partial charge is 0.480 e. The van der Waals surface area contributed by atoms with E-state index >= 15 is 0 Å². The molecule has 1 aliphatic heterocycles. The first kappa shape index (κ1) is 14.0. The summed E-state index contributed by atoms with van der Waals surface area (Å²) >= 11 is 1.45. The van der Waals surface area contributed by atoms with E-state index in [1.165, 1.54) is 11.3 Å². The van der Waals surface area contributed by atoms with Crippen LogP contribution in [0, 0.1) is 23.2 Å². The minimum atomic E-state index is -1.01. The molecule has 1 saturated heterocycles. The fraction of sp³-hybridized carbons (Fsp3) is 0.615. The van der Waals surface area contributed by atoms with E-state index in [4.69, 9.17) is 0 Å². The zero-order valence-corrected chi connectivity index (χ0v) is 11.8. The van der Waals surface area contributed by atoms with Crippen LogP contribution < -0.4 is 5.32 Å². The number of nitriles is 1. The predicted molar refractivity (Wildman–Crippen MR) is 71.5 cm³/mol. The summed E-state index contributed by atoms with van der Waals surface area (Å²) in [6.07, 6.45) is 0.848. The molecular weight excluding hydrogens is 262 g/mol. The Morgan fingerprint density at radius 1 is 1.79 bits per heavy atom. The highest BCUT2D eigenvalue weighted by Crippen LogP contribution is 2.40. The molecule has 1 aliphatic rings. The van der Waals surface area contributed by atoms with Crippen LogP contribution in [0.5, 0.6) is 0 Å². The van der Waals surface area contributed by atoms with Crippen molar-refractivity contribution in [1.29, 1.82) is 5.26 Å². The van der Waals surface area contributed by atoms with Crippen LogP contribution in [-0.4, -0.2) is 21.6 Å². The number of carboxylic acid groups (broad SMARTS) is 1. The molecule has 0 unspecified atom stereocenters. The Morgan fingerprint density at radius 3 is 3.00 bits per heavy atom. The average Bonchev–Trinajstić information content (AvgIpc) is 2.94. The van der Waals surface area contributed by atoms with Crippen molar-refractivity contribution in [2.24, 2.45) is 11.8 Å². The molecule has 2 N–H and O–H groups in total. The molecule has 102 valence electrons. The van der Waals surface area contributed by atoms with E-state index < -0.39 is 11.5 Å². The van der Waals surface area contributed by atoms with Gasteiger partial charge in [0.1, 0.15) is 5.54 Å². The topological polar surface area (TPSA) is 86.0 Å². The molecule has 0 spiro atoms. The zero-order valence-electron chi connectivity index (χ0n) is 11.0. The molecule has 5 nitrogen and oxygen atoms in total. The summed E-state index contributed by atoms with van der Waals surface area (Å²) in [5.74, 6) is -0.978. The molecule has 0 aromatic carbocycles. The second kappa shape index (κ2) is 5.27. The highest BCUT2D eigenvalue weighted by Gasteiger charge is 2.51. The molecule has 0 amide bonds. The number of carbonyl (C=O) groups is 1. The lowest BCUT2D eigenvalue weighted by Crippen LogP contribution is -2.49. The van der Waals surface area contributed by atoms with Crippen molar-refractivity contribution < 1.29 is 9.90 Å². The van der Waals surface area contributed by atoms with Gasteiger partial charge in [0.2, 0.25) is 0 Å². The van der Waals surface area contributed by atoms with Crippen LogP contribution in [0.15, 0.2) is 10.9 Å². The molecule has 0 aliphatic carbocycles. The first-order valence-electron chi connectivity index (χ1n) is 6.27. The molecule has 6 heteroatoms. The number of hydrogen-bond donors (Lipinski definition) is 2. The smallest absolute Gasteiger partial charge is 0.323 e. The van der Waals surface area contributed by atoms with Gasteiger partial charge in [-0.2, -0.15) is 5.26 Å². The van der Waals surface area contributed by atoms with Crippen LogP contribution >= 0.6 is 11.3 Å². The Bertz CT molecular complexity index is 494. The number of nitrogens with zero attached hydrogens (tertiary/aromatic N) is 2. The van der Waals surface area contributed by atoms with Gasteiger partial charge in [-0.3, -0.25) is 10.1 Å². The van der Waals surface area contributed by atoms with E-state index in [1.54, 1.807) is 5.51 Å². The minimum absolute atomic E-state index is 0.247. The molecule has 0 bridgehead atoms. The van der Waals surface area contributed by atoms with Crippen molar-refractivity contribution in [1.82, 2.24) is 10.3 Å². The molecule has 3 atom stereocenters. The highest BCUT2D eigenvalue weighted by atomic mass is 32.1. The summed E-state index contributed by atoms with van der Waals surface area (Å²) in [6.45, 7) is 3.98. The summed E-state index contributed by atoms with van der Waals surface area (Å²) in [6, 6.07) is 1.94. The van der Waals surface area contributed by atoms with Gasteiger partial charge in [0, 0.05) is 5.38 Å². The Balaban J connectivity index is 2.30. The van der Waals surface area contributed by atoms with Crippen LogP contribution in [0.25, 0.3) is 0 Å². The number of aliphatic carboxylic acids is 1. The van der Waals surface area contributed by atoms with E-state index in [9.17, 15) is 15.2 Å². The van der Waals surface area contributed by atoms with Gasteiger partial charge in [-0.15, -0.1) is 11.3 Å². The monoisotopic (exact) mass is 279 g/mol. The number of aromatic nitrogens is 1. The maximum Gasteiger partial charge on any atom is 0.323 e. The molecule has 1 fully saturated rings. The number of hydrogen-bond acceptors (Lipinski definition) is 5. The summed E-state index contributed by atoms with van der Waals surface area (Å²) < 4.78 is 0. The third-order valence-corrected chi connectivity index (χ3v) is 4.11. The minimum Gasteiger partial charge on any atom is -0.480 e. The van der Waals surface area contributed by atoms with Crippen LogP contribution in [-0.2, 0) is 4.79 Å². The van der Waals surface area contributed by atoms with Gasteiger partial charge >= 0.3 is 5.97 Å². The van der Waals surface area contributed by atoms with Gasteiger partial charge in [-0.1, -0.05) is 13.8 Å². The highest BCUT2D eigenvalue weighted by molar-refractivity contribution is 7.07. The van der Waals surface area contributed by atoms with E-state index in [0.717, 1.165) is 5.69 Å². The van der Waals surface area contributed by atoms with Gasteiger partial charge in [-0.05, 0) is 18.8 Å². The fourth-order valence-electron chi connectivity index (χ4n) is 2.80. The molecule has 1 aromatic heterocycles. The number of carboxylic acids is 1.